The Kier molecular flexibility index (Phi) is 5.97. The number of amides is 1. The van der Waals surface area contributed by atoms with Crippen LogP contribution in [0.2, 0.25) is 5.02 Å². The normalized spacial score (nSPS) is 14.1. The predicted octanol–water partition coefficient (Wildman–Crippen LogP) is 3.10. The molecule has 2 aromatic carbocycles. The first-order valence-corrected chi connectivity index (χ1v) is 11.5. The van der Waals surface area contributed by atoms with Crippen molar-refractivity contribution in [3.63, 3.8) is 0 Å². The topological polar surface area (TPSA) is 84.3 Å². The van der Waals surface area contributed by atoms with Crippen molar-refractivity contribution in [1.29, 1.82) is 0 Å². The fourth-order valence-electron chi connectivity index (χ4n) is 3.48. The zero-order chi connectivity index (χ0) is 22.0. The Labute approximate surface area is 184 Å². The number of carbonyl (C=O) groups excluding carboxylic acids is 1. The Morgan fingerprint density at radius 1 is 1.13 bits per heavy atom. The van der Waals surface area contributed by atoms with E-state index in [1.807, 2.05) is 11.1 Å². The van der Waals surface area contributed by atoms with Gasteiger partial charge in [0.05, 0.1) is 6.42 Å². The summed E-state index contributed by atoms with van der Waals surface area (Å²) < 4.78 is 43.3. The van der Waals surface area contributed by atoms with Crippen molar-refractivity contribution in [3.05, 3.63) is 77.1 Å². The van der Waals surface area contributed by atoms with Gasteiger partial charge in [-0.25, -0.2) is 17.8 Å². The van der Waals surface area contributed by atoms with Crippen molar-refractivity contribution >= 4 is 33.2 Å². The fraction of sp³-hybridized carbons (Fsp3) is 0.238. The number of sulfonamides is 1. The van der Waals surface area contributed by atoms with Gasteiger partial charge in [-0.3, -0.25) is 9.52 Å². The van der Waals surface area contributed by atoms with Crippen LogP contribution in [0.4, 0.5) is 10.1 Å². The molecule has 0 bridgehead atoms. The number of aromatic nitrogens is 2. The lowest BCUT2D eigenvalue weighted by Crippen LogP contribution is -2.34. The van der Waals surface area contributed by atoms with Crippen molar-refractivity contribution in [3.8, 4) is 0 Å². The minimum absolute atomic E-state index is 0.00215. The number of hydrogen-bond acceptors (Lipinski definition) is 4. The first-order valence-electron chi connectivity index (χ1n) is 9.66. The summed E-state index contributed by atoms with van der Waals surface area (Å²) in [5.74, 6) is 0.0490. The molecule has 2 heterocycles. The summed E-state index contributed by atoms with van der Waals surface area (Å²) in [6.45, 7) is 1.94. The smallest absolute Gasteiger partial charge is 0.264 e. The SMILES string of the molecule is O=C(Cc1ccc(NS(=O)(=O)c2ccc(Cl)cc2F)cc1)N1CCc2nccn2CC1. The van der Waals surface area contributed by atoms with E-state index in [1.165, 1.54) is 6.07 Å². The van der Waals surface area contributed by atoms with Gasteiger partial charge in [-0.1, -0.05) is 23.7 Å². The van der Waals surface area contributed by atoms with Gasteiger partial charge in [0.1, 0.15) is 16.5 Å². The van der Waals surface area contributed by atoms with Gasteiger partial charge in [0.2, 0.25) is 5.91 Å². The highest BCUT2D eigenvalue weighted by Gasteiger charge is 2.21. The highest BCUT2D eigenvalue weighted by Crippen LogP contribution is 2.22. The van der Waals surface area contributed by atoms with Crippen molar-refractivity contribution in [2.75, 3.05) is 17.8 Å². The molecule has 162 valence electrons. The molecule has 0 spiro atoms. The van der Waals surface area contributed by atoms with Crippen molar-refractivity contribution < 1.29 is 17.6 Å². The molecular weight excluding hydrogens is 443 g/mol. The molecule has 31 heavy (non-hydrogen) atoms. The molecule has 1 N–H and O–H groups in total. The number of rotatable bonds is 5. The average molecular weight is 463 g/mol. The Morgan fingerprint density at radius 3 is 2.65 bits per heavy atom. The monoisotopic (exact) mass is 462 g/mol. The first-order chi connectivity index (χ1) is 14.8. The van der Waals surface area contributed by atoms with Crippen LogP contribution in [0.5, 0.6) is 0 Å². The number of nitrogens with zero attached hydrogens (tertiary/aromatic N) is 3. The van der Waals surface area contributed by atoms with E-state index in [9.17, 15) is 17.6 Å². The molecule has 3 aromatic rings. The molecule has 0 saturated heterocycles. The minimum Gasteiger partial charge on any atom is -0.340 e. The number of carbonyl (C=O) groups is 1. The van der Waals surface area contributed by atoms with E-state index in [1.54, 1.807) is 30.5 Å². The number of nitrogens with one attached hydrogen (secondary N) is 1. The maximum absolute atomic E-state index is 14.0. The van der Waals surface area contributed by atoms with E-state index in [2.05, 4.69) is 14.3 Å². The third-order valence-electron chi connectivity index (χ3n) is 5.12. The highest BCUT2D eigenvalue weighted by molar-refractivity contribution is 7.92. The second-order valence-electron chi connectivity index (χ2n) is 7.22. The van der Waals surface area contributed by atoms with Crippen LogP contribution in [-0.4, -0.2) is 41.9 Å². The van der Waals surface area contributed by atoms with Gasteiger partial charge >= 0.3 is 0 Å². The molecule has 10 heteroatoms. The third-order valence-corrected chi connectivity index (χ3v) is 6.77. The van der Waals surface area contributed by atoms with E-state index < -0.39 is 20.7 Å². The van der Waals surface area contributed by atoms with Crippen molar-refractivity contribution in [2.24, 2.45) is 0 Å². The second-order valence-corrected chi connectivity index (χ2v) is 9.31. The second kappa shape index (κ2) is 8.68. The highest BCUT2D eigenvalue weighted by atomic mass is 35.5. The molecule has 0 atom stereocenters. The largest absolute Gasteiger partial charge is 0.340 e. The van der Waals surface area contributed by atoms with Gasteiger partial charge in [0.25, 0.3) is 10.0 Å². The summed E-state index contributed by atoms with van der Waals surface area (Å²) in [6, 6.07) is 9.82. The standard InChI is InChI=1S/C21H20ClFN4O3S/c22-16-3-6-19(18(23)14-16)31(29,30)25-17-4-1-15(2-5-17)13-21(28)27-9-7-20-24-8-10-26(20)11-12-27/h1-6,8,10,14,25H,7,9,11-13H2. The summed E-state index contributed by atoms with van der Waals surface area (Å²) in [5, 5.41) is 0.111. The summed E-state index contributed by atoms with van der Waals surface area (Å²) in [5.41, 5.74) is 1.03. The molecule has 1 aromatic heterocycles. The summed E-state index contributed by atoms with van der Waals surface area (Å²) >= 11 is 5.68. The number of fused-ring (bicyclic) bond motifs is 1. The van der Waals surface area contributed by atoms with Crippen LogP contribution < -0.4 is 4.72 Å². The van der Waals surface area contributed by atoms with E-state index in [0.29, 0.717) is 26.1 Å². The molecule has 4 rings (SSSR count). The van der Waals surface area contributed by atoms with Crippen LogP contribution in [0.15, 0.2) is 59.8 Å². The summed E-state index contributed by atoms with van der Waals surface area (Å²) in [7, 11) is -4.11. The lowest BCUT2D eigenvalue weighted by atomic mass is 10.1. The number of hydrogen-bond donors (Lipinski definition) is 1. The number of anilines is 1. The van der Waals surface area contributed by atoms with Crippen LogP contribution in [0.3, 0.4) is 0 Å². The van der Waals surface area contributed by atoms with Gasteiger partial charge in [-0.05, 0) is 35.9 Å². The zero-order valence-corrected chi connectivity index (χ0v) is 18.0. The predicted molar refractivity (Wildman–Crippen MR) is 115 cm³/mol. The lowest BCUT2D eigenvalue weighted by molar-refractivity contribution is -0.130. The van der Waals surface area contributed by atoms with Gasteiger partial charge in [-0.2, -0.15) is 0 Å². The maximum Gasteiger partial charge on any atom is 0.264 e. The molecule has 0 fully saturated rings. The Balaban J connectivity index is 1.39. The number of benzene rings is 2. The molecule has 1 amide bonds. The molecular formula is C21H20ClFN4O3S. The zero-order valence-electron chi connectivity index (χ0n) is 16.5. The Bertz CT molecular complexity index is 1190. The number of imidazole rings is 1. The summed E-state index contributed by atoms with van der Waals surface area (Å²) in [4.78, 5) is 18.3. The molecule has 1 aliphatic rings. The number of halogens is 2. The van der Waals surface area contributed by atoms with E-state index >= 15 is 0 Å². The molecule has 0 aliphatic carbocycles. The molecule has 0 unspecified atom stereocenters. The molecule has 0 saturated carbocycles. The minimum atomic E-state index is -4.11. The van der Waals surface area contributed by atoms with Gasteiger partial charge in [0, 0.05) is 49.2 Å². The van der Waals surface area contributed by atoms with Crippen LogP contribution in [-0.2, 0) is 34.2 Å². The third kappa shape index (κ3) is 4.88. The Hall–Kier alpha value is -2.91. The molecule has 1 aliphatic heterocycles. The lowest BCUT2D eigenvalue weighted by Gasteiger charge is -2.20. The van der Waals surface area contributed by atoms with Crippen LogP contribution in [0.25, 0.3) is 0 Å². The van der Waals surface area contributed by atoms with Crippen LogP contribution in [0.1, 0.15) is 11.4 Å². The van der Waals surface area contributed by atoms with E-state index in [0.717, 1.165) is 23.5 Å². The van der Waals surface area contributed by atoms with Crippen LogP contribution in [0, 0.1) is 5.82 Å². The van der Waals surface area contributed by atoms with Crippen LogP contribution >= 0.6 is 11.6 Å². The van der Waals surface area contributed by atoms with E-state index in [-0.39, 0.29) is 23.0 Å². The quantitative estimate of drug-likeness (QED) is 0.631. The summed E-state index contributed by atoms with van der Waals surface area (Å²) in [6.07, 6.45) is 4.60. The first kappa shape index (κ1) is 21.3. The average Bonchev–Trinajstić information content (AvgIpc) is 3.07. The van der Waals surface area contributed by atoms with Gasteiger partial charge < -0.3 is 9.47 Å². The Morgan fingerprint density at radius 2 is 1.90 bits per heavy atom. The van der Waals surface area contributed by atoms with Gasteiger partial charge in [0.15, 0.2) is 0 Å². The van der Waals surface area contributed by atoms with Crippen molar-refractivity contribution in [1.82, 2.24) is 14.5 Å². The van der Waals surface area contributed by atoms with Gasteiger partial charge in [-0.15, -0.1) is 0 Å². The van der Waals surface area contributed by atoms with Crippen molar-refractivity contribution in [2.45, 2.75) is 24.3 Å². The van der Waals surface area contributed by atoms with E-state index in [4.69, 9.17) is 11.6 Å². The maximum atomic E-state index is 14.0. The fourth-order valence-corrected chi connectivity index (χ4v) is 4.75. The molecule has 7 nitrogen and oxygen atoms in total. The molecule has 0 radical (unpaired) electrons.